The smallest absolute Gasteiger partial charge is 0.240 e. The Kier molecular flexibility index (Phi) is 5.67. The highest BCUT2D eigenvalue weighted by atomic mass is 32.2. The molecule has 112 valence electrons. The maximum atomic E-state index is 12.1. The molecular formula is C13H20N2O4S. The van der Waals surface area contributed by atoms with E-state index in [0.717, 1.165) is 0 Å². The second-order valence-corrected chi connectivity index (χ2v) is 6.57. The Balaban J connectivity index is 2.90. The van der Waals surface area contributed by atoms with E-state index in [9.17, 15) is 18.3 Å². The summed E-state index contributed by atoms with van der Waals surface area (Å²) in [5.41, 5.74) is 0.527. The molecule has 0 aromatic heterocycles. The number of aliphatic hydroxyl groups excluding tert-OH is 1. The first-order valence-corrected chi connectivity index (χ1v) is 7.75. The average molecular weight is 300 g/mol. The summed E-state index contributed by atoms with van der Waals surface area (Å²) in [5, 5.41) is 11.7. The molecule has 7 heteroatoms. The van der Waals surface area contributed by atoms with Gasteiger partial charge in [-0.05, 0) is 30.2 Å². The summed E-state index contributed by atoms with van der Waals surface area (Å²) in [5.74, 6) is -0.243. The van der Waals surface area contributed by atoms with Crippen LogP contribution in [0.1, 0.15) is 20.8 Å². The minimum atomic E-state index is -3.68. The van der Waals surface area contributed by atoms with Gasteiger partial charge in [0.2, 0.25) is 15.9 Å². The zero-order chi connectivity index (χ0) is 15.3. The SMILES string of the molecule is CC(=O)Nc1ccc(S(=O)(=O)NC(CO)C(C)C)cc1. The average Bonchev–Trinajstić information content (AvgIpc) is 2.35. The minimum absolute atomic E-state index is 0.0200. The van der Waals surface area contributed by atoms with Crippen molar-refractivity contribution in [3.8, 4) is 0 Å². The van der Waals surface area contributed by atoms with Crippen LogP contribution < -0.4 is 10.0 Å². The van der Waals surface area contributed by atoms with Crippen molar-refractivity contribution in [3.63, 3.8) is 0 Å². The summed E-state index contributed by atoms with van der Waals surface area (Å²) < 4.78 is 26.7. The van der Waals surface area contributed by atoms with Gasteiger partial charge in [-0.1, -0.05) is 13.8 Å². The lowest BCUT2D eigenvalue weighted by Crippen LogP contribution is -2.41. The van der Waals surface area contributed by atoms with Gasteiger partial charge < -0.3 is 10.4 Å². The molecule has 0 heterocycles. The predicted octanol–water partition coefficient (Wildman–Crippen LogP) is 0.940. The second-order valence-electron chi connectivity index (χ2n) is 4.86. The zero-order valence-electron chi connectivity index (χ0n) is 11.8. The molecule has 0 aliphatic carbocycles. The van der Waals surface area contributed by atoms with Crippen molar-refractivity contribution in [3.05, 3.63) is 24.3 Å². The molecule has 0 fully saturated rings. The summed E-state index contributed by atoms with van der Waals surface area (Å²) in [4.78, 5) is 11.0. The highest BCUT2D eigenvalue weighted by molar-refractivity contribution is 7.89. The van der Waals surface area contributed by atoms with Gasteiger partial charge in [-0.15, -0.1) is 0 Å². The Bertz CT molecular complexity index is 552. The van der Waals surface area contributed by atoms with Crippen LogP contribution in [0.15, 0.2) is 29.2 Å². The molecule has 1 unspecified atom stereocenters. The number of nitrogens with one attached hydrogen (secondary N) is 2. The van der Waals surface area contributed by atoms with Crippen molar-refractivity contribution in [1.29, 1.82) is 0 Å². The van der Waals surface area contributed by atoms with E-state index in [0.29, 0.717) is 5.69 Å². The van der Waals surface area contributed by atoms with E-state index in [-0.39, 0.29) is 23.3 Å². The van der Waals surface area contributed by atoms with Crippen molar-refractivity contribution in [2.24, 2.45) is 5.92 Å². The van der Waals surface area contributed by atoms with Crippen molar-refractivity contribution < 1.29 is 18.3 Å². The van der Waals surface area contributed by atoms with Gasteiger partial charge in [-0.2, -0.15) is 0 Å². The fourth-order valence-corrected chi connectivity index (χ4v) is 2.95. The van der Waals surface area contributed by atoms with E-state index < -0.39 is 16.1 Å². The summed E-state index contributed by atoms with van der Waals surface area (Å²) in [7, 11) is -3.68. The third kappa shape index (κ3) is 4.59. The summed E-state index contributed by atoms with van der Waals surface area (Å²) in [6, 6.07) is 5.30. The Labute approximate surface area is 119 Å². The second kappa shape index (κ2) is 6.83. The Morgan fingerprint density at radius 2 is 1.80 bits per heavy atom. The Hall–Kier alpha value is -1.44. The van der Waals surface area contributed by atoms with Gasteiger partial charge in [-0.3, -0.25) is 4.79 Å². The number of benzene rings is 1. The summed E-state index contributed by atoms with van der Waals surface area (Å²) >= 11 is 0. The Morgan fingerprint density at radius 3 is 2.20 bits per heavy atom. The molecule has 1 aromatic rings. The topological polar surface area (TPSA) is 95.5 Å². The van der Waals surface area contributed by atoms with E-state index in [2.05, 4.69) is 10.0 Å². The maximum absolute atomic E-state index is 12.1. The first-order chi connectivity index (χ1) is 9.26. The fourth-order valence-electron chi connectivity index (χ4n) is 1.57. The first kappa shape index (κ1) is 16.6. The van der Waals surface area contributed by atoms with E-state index in [4.69, 9.17) is 0 Å². The maximum Gasteiger partial charge on any atom is 0.240 e. The van der Waals surface area contributed by atoms with E-state index in [1.165, 1.54) is 31.2 Å². The summed E-state index contributed by atoms with van der Waals surface area (Å²) in [6.45, 7) is 4.76. The van der Waals surface area contributed by atoms with Crippen LogP contribution >= 0.6 is 0 Å². The van der Waals surface area contributed by atoms with Crippen LogP contribution in [0.5, 0.6) is 0 Å². The number of aliphatic hydroxyl groups is 1. The van der Waals surface area contributed by atoms with Crippen LogP contribution in [0.25, 0.3) is 0 Å². The van der Waals surface area contributed by atoms with Crippen molar-refractivity contribution in [2.75, 3.05) is 11.9 Å². The van der Waals surface area contributed by atoms with Crippen LogP contribution in [0.2, 0.25) is 0 Å². The van der Waals surface area contributed by atoms with Crippen molar-refractivity contribution in [2.45, 2.75) is 31.7 Å². The molecular weight excluding hydrogens is 280 g/mol. The highest BCUT2D eigenvalue weighted by Crippen LogP contribution is 2.15. The molecule has 20 heavy (non-hydrogen) atoms. The minimum Gasteiger partial charge on any atom is -0.395 e. The quantitative estimate of drug-likeness (QED) is 0.728. The standard InChI is InChI=1S/C13H20N2O4S/c1-9(2)13(8-16)15-20(18,19)12-6-4-11(5-7-12)14-10(3)17/h4-7,9,13,15-16H,8H2,1-3H3,(H,14,17). The molecule has 1 atom stereocenters. The van der Waals surface area contributed by atoms with Gasteiger partial charge >= 0.3 is 0 Å². The number of sulfonamides is 1. The molecule has 0 saturated heterocycles. The van der Waals surface area contributed by atoms with Crippen LogP contribution in [0, 0.1) is 5.92 Å². The Morgan fingerprint density at radius 1 is 1.25 bits per heavy atom. The van der Waals surface area contributed by atoms with Gasteiger partial charge in [0, 0.05) is 18.7 Å². The van der Waals surface area contributed by atoms with Gasteiger partial charge in [0.1, 0.15) is 0 Å². The van der Waals surface area contributed by atoms with Gasteiger partial charge in [0.05, 0.1) is 11.5 Å². The molecule has 1 amide bonds. The number of rotatable bonds is 6. The fraction of sp³-hybridized carbons (Fsp3) is 0.462. The molecule has 1 aromatic carbocycles. The monoisotopic (exact) mass is 300 g/mol. The normalized spacial score (nSPS) is 13.2. The molecule has 0 radical (unpaired) electrons. The van der Waals surface area contributed by atoms with Crippen LogP contribution in [-0.4, -0.2) is 32.1 Å². The van der Waals surface area contributed by atoms with Gasteiger partial charge in [-0.25, -0.2) is 13.1 Å². The first-order valence-electron chi connectivity index (χ1n) is 6.27. The van der Waals surface area contributed by atoms with Crippen LogP contribution in [-0.2, 0) is 14.8 Å². The zero-order valence-corrected chi connectivity index (χ0v) is 12.6. The van der Waals surface area contributed by atoms with Gasteiger partial charge in [0.25, 0.3) is 0 Å². The van der Waals surface area contributed by atoms with E-state index in [1.54, 1.807) is 0 Å². The van der Waals surface area contributed by atoms with E-state index >= 15 is 0 Å². The molecule has 3 N–H and O–H groups in total. The molecule has 0 bridgehead atoms. The number of hydrogen-bond acceptors (Lipinski definition) is 4. The lowest BCUT2D eigenvalue weighted by Gasteiger charge is -2.19. The molecule has 0 spiro atoms. The lowest BCUT2D eigenvalue weighted by atomic mass is 10.1. The number of carbonyl (C=O) groups is 1. The molecule has 0 aliphatic heterocycles. The largest absolute Gasteiger partial charge is 0.395 e. The number of hydrogen-bond donors (Lipinski definition) is 3. The van der Waals surface area contributed by atoms with Gasteiger partial charge in [0.15, 0.2) is 0 Å². The van der Waals surface area contributed by atoms with Crippen molar-refractivity contribution >= 4 is 21.6 Å². The number of carbonyl (C=O) groups excluding carboxylic acids is 1. The highest BCUT2D eigenvalue weighted by Gasteiger charge is 2.21. The molecule has 1 rings (SSSR count). The number of amides is 1. The van der Waals surface area contributed by atoms with Crippen molar-refractivity contribution in [1.82, 2.24) is 4.72 Å². The molecule has 0 aliphatic rings. The summed E-state index contributed by atoms with van der Waals surface area (Å²) in [6.07, 6.45) is 0. The number of anilines is 1. The molecule has 0 saturated carbocycles. The predicted molar refractivity (Wildman–Crippen MR) is 76.8 cm³/mol. The van der Waals surface area contributed by atoms with Crippen LogP contribution in [0.4, 0.5) is 5.69 Å². The molecule has 6 nitrogen and oxygen atoms in total. The van der Waals surface area contributed by atoms with E-state index in [1.807, 2.05) is 13.8 Å². The third-order valence-electron chi connectivity index (χ3n) is 2.79. The van der Waals surface area contributed by atoms with Crippen LogP contribution in [0.3, 0.4) is 0 Å². The third-order valence-corrected chi connectivity index (χ3v) is 4.30. The lowest BCUT2D eigenvalue weighted by molar-refractivity contribution is -0.114.